The molecule has 0 spiro atoms. The first-order chi connectivity index (χ1) is 18.9. The van der Waals surface area contributed by atoms with Gasteiger partial charge in [-0.05, 0) is 99.5 Å². The zero-order valence-electron chi connectivity index (χ0n) is 23.1. The Bertz CT molecular complexity index is 1140. The Balaban J connectivity index is 2.09. The molecule has 3 atom stereocenters. The fraction of sp³-hybridized carbons (Fsp3) is 0.448. The topological polar surface area (TPSA) is 134 Å². The van der Waals surface area contributed by atoms with E-state index in [1.807, 2.05) is 103 Å². The first-order valence-electron chi connectivity index (χ1n) is 13.1. The third-order valence-corrected chi connectivity index (χ3v) is 7.54. The van der Waals surface area contributed by atoms with Crippen LogP contribution in [0, 0.1) is 19.0 Å². The van der Waals surface area contributed by atoms with Gasteiger partial charge in [0, 0.05) is 0 Å². The van der Waals surface area contributed by atoms with Crippen molar-refractivity contribution in [2.45, 2.75) is 71.7 Å². The summed E-state index contributed by atoms with van der Waals surface area (Å²) in [6, 6.07) is 10.1. The van der Waals surface area contributed by atoms with E-state index < -0.39 is 36.0 Å². The third-order valence-electron chi connectivity index (χ3n) is 5.89. The van der Waals surface area contributed by atoms with Gasteiger partial charge in [-0.2, -0.15) is 0 Å². The molecule has 3 amide bonds. The molecule has 2 rings (SSSR count). The molecular weight excluding hydrogens is 740 g/mol. The van der Waals surface area contributed by atoms with E-state index >= 15 is 0 Å². The molecule has 0 aliphatic rings. The highest BCUT2D eigenvalue weighted by Crippen LogP contribution is 2.27. The standard InChI is InChI=1S/C29H37I2N3O6/c1-17(2)10-24(27(37)32-21(15-35)12-20-13-22(30)26(36)23(31)14-20)33-28(38)25(11-18(3)4)34-29(39)40-16-19-8-6-5-7-9-19/h5-9,13-15,17-18,21,24-25,36H,10-12,16H2,1-4H3,(H,32,37)(H,33,38)(H,34,39)/t21-,24?,25?/m0/s1. The average molecular weight is 777 g/mol. The van der Waals surface area contributed by atoms with Crippen molar-refractivity contribution in [2.75, 3.05) is 0 Å². The van der Waals surface area contributed by atoms with Crippen LogP contribution < -0.4 is 16.0 Å². The SMILES string of the molecule is CC(C)CC(NC(=O)OCc1ccccc1)C(=O)NC(CC(C)C)C(=O)N[C@H](C=O)Cc1cc(I)c(O)c(I)c1. The molecule has 0 bridgehead atoms. The van der Waals surface area contributed by atoms with E-state index in [0.29, 0.717) is 26.3 Å². The van der Waals surface area contributed by atoms with Crippen molar-refractivity contribution in [1.82, 2.24) is 16.0 Å². The van der Waals surface area contributed by atoms with E-state index in [4.69, 9.17) is 4.74 Å². The summed E-state index contributed by atoms with van der Waals surface area (Å²) in [5.74, 6) is -0.671. The second kappa shape index (κ2) is 16.7. The highest BCUT2D eigenvalue weighted by atomic mass is 127. The highest BCUT2D eigenvalue weighted by Gasteiger charge is 2.29. The summed E-state index contributed by atoms with van der Waals surface area (Å²) in [6.07, 6.45) is 0.843. The Kier molecular flexibility index (Phi) is 14.1. The number of amides is 3. The molecule has 2 aromatic carbocycles. The number of aromatic hydroxyl groups is 1. The van der Waals surface area contributed by atoms with Crippen molar-refractivity contribution in [2.24, 2.45) is 11.8 Å². The Morgan fingerprint density at radius 3 is 1.90 bits per heavy atom. The maximum atomic E-state index is 13.3. The molecule has 9 nitrogen and oxygen atoms in total. The van der Waals surface area contributed by atoms with Crippen LogP contribution in [0.5, 0.6) is 5.75 Å². The largest absolute Gasteiger partial charge is 0.506 e. The van der Waals surface area contributed by atoms with Crippen LogP contribution in [0.25, 0.3) is 0 Å². The second-order valence-electron chi connectivity index (χ2n) is 10.4. The van der Waals surface area contributed by atoms with Crippen molar-refractivity contribution in [1.29, 1.82) is 0 Å². The molecule has 0 heterocycles. The minimum Gasteiger partial charge on any atom is -0.506 e. The summed E-state index contributed by atoms with van der Waals surface area (Å²) in [5.41, 5.74) is 1.60. The van der Waals surface area contributed by atoms with Crippen LogP contribution in [-0.2, 0) is 32.1 Å². The minimum absolute atomic E-state index is 0.0628. The van der Waals surface area contributed by atoms with E-state index in [1.54, 1.807) is 12.1 Å². The van der Waals surface area contributed by atoms with Crippen molar-refractivity contribution in [3.63, 3.8) is 0 Å². The number of aldehydes is 1. The number of phenols is 1. The van der Waals surface area contributed by atoms with Gasteiger partial charge in [0.05, 0.1) is 13.2 Å². The van der Waals surface area contributed by atoms with Crippen LogP contribution in [0.2, 0.25) is 0 Å². The van der Waals surface area contributed by atoms with Crippen LogP contribution in [0.1, 0.15) is 51.7 Å². The summed E-state index contributed by atoms with van der Waals surface area (Å²) >= 11 is 4.02. The maximum absolute atomic E-state index is 13.3. The fourth-order valence-corrected chi connectivity index (χ4v) is 5.89. The van der Waals surface area contributed by atoms with E-state index in [0.717, 1.165) is 11.1 Å². The number of ether oxygens (including phenoxy) is 1. The zero-order chi connectivity index (χ0) is 29.8. The summed E-state index contributed by atoms with van der Waals surface area (Å²) in [7, 11) is 0. The lowest BCUT2D eigenvalue weighted by molar-refractivity contribution is -0.131. The highest BCUT2D eigenvalue weighted by molar-refractivity contribution is 14.1. The Hall–Kier alpha value is -2.42. The molecule has 40 heavy (non-hydrogen) atoms. The van der Waals surface area contributed by atoms with Crippen LogP contribution >= 0.6 is 45.2 Å². The Labute approximate surface area is 262 Å². The zero-order valence-corrected chi connectivity index (χ0v) is 27.4. The molecule has 11 heteroatoms. The van der Waals surface area contributed by atoms with E-state index in [1.165, 1.54) is 0 Å². The monoisotopic (exact) mass is 777 g/mol. The van der Waals surface area contributed by atoms with E-state index in [-0.39, 0.29) is 30.6 Å². The molecular formula is C29H37I2N3O6. The number of benzene rings is 2. The van der Waals surface area contributed by atoms with E-state index in [9.17, 15) is 24.3 Å². The number of carbonyl (C=O) groups excluding carboxylic acids is 4. The maximum Gasteiger partial charge on any atom is 0.408 e. The Morgan fingerprint density at radius 1 is 0.850 bits per heavy atom. The molecule has 0 fully saturated rings. The van der Waals surface area contributed by atoms with Crippen LogP contribution in [0.15, 0.2) is 42.5 Å². The number of nitrogens with one attached hydrogen (secondary N) is 3. The molecule has 218 valence electrons. The number of halogens is 2. The van der Waals surface area contributed by atoms with Crippen LogP contribution in [-0.4, -0.2) is 47.4 Å². The van der Waals surface area contributed by atoms with Crippen LogP contribution in [0.4, 0.5) is 4.79 Å². The van der Waals surface area contributed by atoms with Crippen molar-refractivity contribution in [3.05, 3.63) is 60.7 Å². The lowest BCUT2D eigenvalue weighted by Gasteiger charge is -2.26. The molecule has 0 radical (unpaired) electrons. The number of phenolic OH excluding ortho intramolecular Hbond substituents is 1. The molecule has 0 aliphatic carbocycles. The van der Waals surface area contributed by atoms with Gasteiger partial charge in [0.25, 0.3) is 0 Å². The summed E-state index contributed by atoms with van der Waals surface area (Å²) in [6.45, 7) is 7.77. The second-order valence-corrected chi connectivity index (χ2v) is 12.8. The number of hydrogen-bond donors (Lipinski definition) is 4. The first kappa shape index (κ1) is 33.8. The fourth-order valence-electron chi connectivity index (χ4n) is 3.99. The lowest BCUT2D eigenvalue weighted by Crippen LogP contribution is -2.55. The summed E-state index contributed by atoms with van der Waals surface area (Å²) in [5, 5.41) is 18.2. The van der Waals surface area contributed by atoms with E-state index in [2.05, 4.69) is 16.0 Å². The number of alkyl carbamates (subject to hydrolysis) is 1. The Morgan fingerprint density at radius 2 is 1.38 bits per heavy atom. The van der Waals surface area contributed by atoms with Gasteiger partial charge >= 0.3 is 6.09 Å². The van der Waals surface area contributed by atoms with Gasteiger partial charge in [-0.1, -0.05) is 58.0 Å². The van der Waals surface area contributed by atoms with Gasteiger partial charge in [0.1, 0.15) is 30.7 Å². The normalized spacial score (nSPS) is 13.3. The molecule has 0 aromatic heterocycles. The predicted octanol–water partition coefficient (Wildman–Crippen LogP) is 4.70. The quantitative estimate of drug-likeness (QED) is 0.163. The van der Waals surface area contributed by atoms with Crippen molar-refractivity contribution in [3.8, 4) is 5.75 Å². The van der Waals surface area contributed by atoms with Crippen LogP contribution in [0.3, 0.4) is 0 Å². The van der Waals surface area contributed by atoms with Gasteiger partial charge in [-0.25, -0.2) is 4.79 Å². The molecule has 0 aliphatic heterocycles. The number of carbonyl (C=O) groups is 4. The average Bonchev–Trinajstić information content (AvgIpc) is 2.89. The lowest BCUT2D eigenvalue weighted by atomic mass is 9.99. The predicted molar refractivity (Wildman–Crippen MR) is 170 cm³/mol. The van der Waals surface area contributed by atoms with Crippen molar-refractivity contribution >= 4 is 69.4 Å². The summed E-state index contributed by atoms with van der Waals surface area (Å²) in [4.78, 5) is 50.9. The van der Waals surface area contributed by atoms with Gasteiger partial charge < -0.3 is 30.6 Å². The minimum atomic E-state index is -0.910. The smallest absolute Gasteiger partial charge is 0.408 e. The molecule has 0 saturated carbocycles. The number of rotatable bonds is 14. The third kappa shape index (κ3) is 11.6. The molecule has 4 N–H and O–H groups in total. The number of hydrogen-bond acceptors (Lipinski definition) is 6. The van der Waals surface area contributed by atoms with Gasteiger partial charge in [0.2, 0.25) is 11.8 Å². The van der Waals surface area contributed by atoms with Gasteiger partial charge in [0.15, 0.2) is 0 Å². The summed E-state index contributed by atoms with van der Waals surface area (Å²) < 4.78 is 6.58. The molecule has 2 unspecified atom stereocenters. The first-order valence-corrected chi connectivity index (χ1v) is 15.2. The van der Waals surface area contributed by atoms with Crippen molar-refractivity contribution < 1.29 is 29.0 Å². The van der Waals surface area contributed by atoms with Gasteiger partial charge in [-0.15, -0.1) is 0 Å². The van der Waals surface area contributed by atoms with Gasteiger partial charge in [-0.3, -0.25) is 9.59 Å². The molecule has 2 aromatic rings. The molecule has 0 saturated heterocycles.